The number of hydrogen-bond donors (Lipinski definition) is 0. The summed E-state index contributed by atoms with van der Waals surface area (Å²) in [7, 11) is 0. The zero-order valence-electron chi connectivity index (χ0n) is 12.4. The molecule has 0 aliphatic carbocycles. The van der Waals surface area contributed by atoms with Gasteiger partial charge in [-0.3, -0.25) is 9.20 Å². The van der Waals surface area contributed by atoms with Crippen molar-refractivity contribution in [3.63, 3.8) is 0 Å². The van der Waals surface area contributed by atoms with Crippen LogP contribution in [0, 0.1) is 0 Å². The highest BCUT2D eigenvalue weighted by molar-refractivity contribution is 7.99. The Bertz CT molecular complexity index is 813. The van der Waals surface area contributed by atoms with E-state index in [0.717, 1.165) is 11.0 Å². The molecule has 0 unspecified atom stereocenters. The standard InChI is InChI=1S/C14H16N6OS/c1-3-19(4-2)12(21)9-22-14-18-17-13-16-15-10-7-5-6-8-11(10)20(13)14/h5-8H,3-4,9H2,1-2H3. The van der Waals surface area contributed by atoms with Crippen LogP contribution in [0.25, 0.3) is 16.8 Å². The van der Waals surface area contributed by atoms with Crippen LogP contribution in [0.3, 0.4) is 0 Å². The summed E-state index contributed by atoms with van der Waals surface area (Å²) in [6, 6.07) is 7.66. The van der Waals surface area contributed by atoms with Crippen molar-refractivity contribution >= 4 is 34.5 Å². The van der Waals surface area contributed by atoms with E-state index in [1.807, 2.05) is 42.5 Å². The first kappa shape index (κ1) is 14.7. The summed E-state index contributed by atoms with van der Waals surface area (Å²) < 4.78 is 1.84. The molecular formula is C14H16N6OS. The third-order valence-electron chi connectivity index (χ3n) is 3.43. The minimum absolute atomic E-state index is 0.0954. The number of benzene rings is 1. The number of carbonyl (C=O) groups excluding carboxylic acids is 1. The average molecular weight is 316 g/mol. The van der Waals surface area contributed by atoms with Crippen molar-refractivity contribution in [2.45, 2.75) is 19.0 Å². The van der Waals surface area contributed by atoms with Crippen LogP contribution in [0.4, 0.5) is 0 Å². The van der Waals surface area contributed by atoms with Crippen LogP contribution < -0.4 is 0 Å². The molecule has 1 aromatic carbocycles. The van der Waals surface area contributed by atoms with E-state index >= 15 is 0 Å². The predicted molar refractivity (Wildman–Crippen MR) is 84.7 cm³/mol. The largest absolute Gasteiger partial charge is 0.343 e. The monoisotopic (exact) mass is 316 g/mol. The summed E-state index contributed by atoms with van der Waals surface area (Å²) in [5.74, 6) is 0.869. The van der Waals surface area contributed by atoms with Gasteiger partial charge in [-0.05, 0) is 26.0 Å². The topological polar surface area (TPSA) is 76.3 Å². The van der Waals surface area contributed by atoms with E-state index in [1.165, 1.54) is 11.8 Å². The Balaban J connectivity index is 1.91. The smallest absolute Gasteiger partial charge is 0.275 e. The number of fused-ring (bicyclic) bond motifs is 3. The number of rotatable bonds is 5. The van der Waals surface area contributed by atoms with E-state index in [9.17, 15) is 4.79 Å². The summed E-state index contributed by atoms with van der Waals surface area (Å²) in [6.45, 7) is 5.37. The highest BCUT2D eigenvalue weighted by atomic mass is 32.2. The Kier molecular flexibility index (Phi) is 4.19. The van der Waals surface area contributed by atoms with Crippen LogP contribution in [-0.2, 0) is 4.79 Å². The maximum absolute atomic E-state index is 12.1. The van der Waals surface area contributed by atoms with Gasteiger partial charge in [0, 0.05) is 13.1 Å². The molecule has 0 radical (unpaired) electrons. The van der Waals surface area contributed by atoms with E-state index < -0.39 is 0 Å². The molecule has 2 aromatic heterocycles. The van der Waals surface area contributed by atoms with Crippen molar-refractivity contribution in [2.75, 3.05) is 18.8 Å². The SMILES string of the molecule is CCN(CC)C(=O)CSc1nnc2nnc3ccccc3n12. The summed E-state index contributed by atoms with van der Waals surface area (Å²) in [5.41, 5.74) is 1.65. The summed E-state index contributed by atoms with van der Waals surface area (Å²) >= 11 is 1.37. The molecule has 0 saturated heterocycles. The lowest BCUT2D eigenvalue weighted by molar-refractivity contribution is -0.127. The Morgan fingerprint density at radius 2 is 1.86 bits per heavy atom. The average Bonchev–Trinajstić information content (AvgIpc) is 2.97. The third kappa shape index (κ3) is 2.61. The minimum atomic E-state index is 0.0954. The lowest BCUT2D eigenvalue weighted by Gasteiger charge is -2.17. The second-order valence-corrected chi connectivity index (χ2v) is 5.60. The van der Waals surface area contributed by atoms with Crippen LogP contribution in [0.5, 0.6) is 0 Å². The fourth-order valence-corrected chi connectivity index (χ4v) is 3.10. The molecule has 0 saturated carbocycles. The van der Waals surface area contributed by atoms with Gasteiger partial charge < -0.3 is 4.90 Å². The minimum Gasteiger partial charge on any atom is -0.343 e. The number of thioether (sulfide) groups is 1. The van der Waals surface area contributed by atoms with Gasteiger partial charge in [-0.25, -0.2) is 0 Å². The molecule has 0 N–H and O–H groups in total. The van der Waals surface area contributed by atoms with Crippen LogP contribution in [0.1, 0.15) is 13.8 Å². The molecule has 1 amide bonds. The number of aromatic nitrogens is 5. The molecule has 22 heavy (non-hydrogen) atoms. The van der Waals surface area contributed by atoms with Crippen molar-refractivity contribution in [2.24, 2.45) is 0 Å². The van der Waals surface area contributed by atoms with E-state index in [4.69, 9.17) is 0 Å². The maximum atomic E-state index is 12.1. The second kappa shape index (κ2) is 6.27. The van der Waals surface area contributed by atoms with Crippen molar-refractivity contribution in [3.05, 3.63) is 24.3 Å². The highest BCUT2D eigenvalue weighted by Crippen LogP contribution is 2.20. The Morgan fingerprint density at radius 3 is 2.64 bits per heavy atom. The zero-order valence-corrected chi connectivity index (χ0v) is 13.2. The maximum Gasteiger partial charge on any atom is 0.275 e. The molecule has 0 spiro atoms. The number of amides is 1. The first-order chi connectivity index (χ1) is 10.7. The van der Waals surface area contributed by atoms with E-state index in [1.54, 1.807) is 4.90 Å². The van der Waals surface area contributed by atoms with Gasteiger partial charge in [0.15, 0.2) is 5.16 Å². The molecule has 2 heterocycles. The Hall–Kier alpha value is -2.22. The van der Waals surface area contributed by atoms with Crippen LogP contribution in [0.2, 0.25) is 0 Å². The van der Waals surface area contributed by atoms with Crippen molar-refractivity contribution < 1.29 is 4.79 Å². The molecule has 114 valence electrons. The predicted octanol–water partition coefficient (Wildman–Crippen LogP) is 1.63. The van der Waals surface area contributed by atoms with Crippen LogP contribution in [-0.4, -0.2) is 54.4 Å². The van der Waals surface area contributed by atoms with Gasteiger partial charge in [-0.15, -0.1) is 20.4 Å². The molecule has 0 bridgehead atoms. The van der Waals surface area contributed by atoms with Gasteiger partial charge >= 0.3 is 0 Å². The molecule has 0 aliphatic heterocycles. The molecule has 3 rings (SSSR count). The van der Waals surface area contributed by atoms with Gasteiger partial charge in [-0.1, -0.05) is 23.9 Å². The lowest BCUT2D eigenvalue weighted by atomic mass is 10.3. The number of nitrogens with zero attached hydrogens (tertiary/aromatic N) is 6. The molecule has 8 heteroatoms. The van der Waals surface area contributed by atoms with Gasteiger partial charge in [0.25, 0.3) is 5.78 Å². The van der Waals surface area contributed by atoms with Crippen LogP contribution in [0.15, 0.2) is 29.4 Å². The fraction of sp³-hybridized carbons (Fsp3) is 0.357. The molecule has 0 atom stereocenters. The van der Waals surface area contributed by atoms with Crippen molar-refractivity contribution in [3.8, 4) is 0 Å². The summed E-state index contributed by atoms with van der Waals surface area (Å²) in [4.78, 5) is 13.9. The van der Waals surface area contributed by atoms with E-state index in [2.05, 4.69) is 20.4 Å². The highest BCUT2D eigenvalue weighted by Gasteiger charge is 2.15. The first-order valence-corrected chi connectivity index (χ1v) is 8.10. The normalized spacial score (nSPS) is 11.2. The molecular weight excluding hydrogens is 300 g/mol. The summed E-state index contributed by atoms with van der Waals surface area (Å²) in [6.07, 6.45) is 0. The fourth-order valence-electron chi connectivity index (χ4n) is 2.26. The number of para-hydroxylation sites is 1. The molecule has 0 fully saturated rings. The first-order valence-electron chi connectivity index (χ1n) is 7.11. The second-order valence-electron chi connectivity index (χ2n) is 4.66. The van der Waals surface area contributed by atoms with Crippen LogP contribution >= 0.6 is 11.8 Å². The van der Waals surface area contributed by atoms with Gasteiger partial charge in [0.05, 0.1) is 11.3 Å². The van der Waals surface area contributed by atoms with E-state index in [0.29, 0.717) is 29.8 Å². The van der Waals surface area contributed by atoms with Gasteiger partial charge in [0.1, 0.15) is 5.52 Å². The van der Waals surface area contributed by atoms with E-state index in [-0.39, 0.29) is 5.91 Å². The third-order valence-corrected chi connectivity index (χ3v) is 4.34. The van der Waals surface area contributed by atoms with Gasteiger partial charge in [-0.2, -0.15) is 0 Å². The quantitative estimate of drug-likeness (QED) is 0.666. The lowest BCUT2D eigenvalue weighted by Crippen LogP contribution is -2.31. The molecule has 0 aliphatic rings. The Morgan fingerprint density at radius 1 is 1.14 bits per heavy atom. The summed E-state index contributed by atoms with van der Waals surface area (Å²) in [5, 5.41) is 17.0. The number of hydrogen-bond acceptors (Lipinski definition) is 6. The molecule has 3 aromatic rings. The Labute approximate surface area is 131 Å². The van der Waals surface area contributed by atoms with Crippen molar-refractivity contribution in [1.82, 2.24) is 29.7 Å². The van der Waals surface area contributed by atoms with Crippen molar-refractivity contribution in [1.29, 1.82) is 0 Å². The molecule has 7 nitrogen and oxygen atoms in total. The van der Waals surface area contributed by atoms with Gasteiger partial charge in [0.2, 0.25) is 5.91 Å². The zero-order chi connectivity index (χ0) is 15.5. The number of carbonyl (C=O) groups is 1.